The van der Waals surface area contributed by atoms with Gasteiger partial charge in [-0.25, -0.2) is 0 Å². The lowest BCUT2D eigenvalue weighted by Gasteiger charge is -2.34. The van der Waals surface area contributed by atoms with Crippen molar-refractivity contribution in [1.82, 2.24) is 0 Å². The molecule has 0 aromatic rings. The molecule has 2 bridgehead atoms. The molecule has 3 aliphatic rings. The van der Waals surface area contributed by atoms with E-state index >= 15 is 0 Å². The third-order valence-corrected chi connectivity index (χ3v) is 5.79. The largest absolute Gasteiger partial charge is 0.393 e. The fourth-order valence-corrected chi connectivity index (χ4v) is 4.55. The summed E-state index contributed by atoms with van der Waals surface area (Å²) in [4.78, 5) is 0. The van der Waals surface area contributed by atoms with Crippen LogP contribution in [-0.4, -0.2) is 23.4 Å². The molecular weight excluding hydrogens is 236 g/mol. The second kappa shape index (κ2) is 6.58. The minimum absolute atomic E-state index is 0.0588. The molecule has 3 saturated carbocycles. The van der Waals surface area contributed by atoms with Gasteiger partial charge in [-0.05, 0) is 63.2 Å². The normalized spacial score (nSPS) is 41.5. The van der Waals surface area contributed by atoms with Gasteiger partial charge in [-0.3, -0.25) is 0 Å². The van der Waals surface area contributed by atoms with Gasteiger partial charge in [0.1, 0.15) is 0 Å². The van der Waals surface area contributed by atoms with E-state index in [-0.39, 0.29) is 6.10 Å². The highest BCUT2D eigenvalue weighted by atomic mass is 16.5. The third-order valence-electron chi connectivity index (χ3n) is 5.79. The third kappa shape index (κ3) is 3.52. The fourth-order valence-electron chi connectivity index (χ4n) is 4.55. The second-order valence-corrected chi connectivity index (χ2v) is 7.11. The Morgan fingerprint density at radius 2 is 1.37 bits per heavy atom. The molecule has 3 aliphatic carbocycles. The molecule has 3 fully saturated rings. The van der Waals surface area contributed by atoms with Crippen molar-refractivity contribution in [2.24, 2.45) is 11.8 Å². The van der Waals surface area contributed by atoms with Crippen LogP contribution in [0.4, 0.5) is 0 Å². The molecule has 4 unspecified atom stereocenters. The molecule has 0 radical (unpaired) electrons. The van der Waals surface area contributed by atoms with Crippen molar-refractivity contribution in [2.45, 2.75) is 95.4 Å². The average Bonchev–Trinajstić information content (AvgIpc) is 2.66. The molecule has 0 amide bonds. The minimum atomic E-state index is -0.0588. The summed E-state index contributed by atoms with van der Waals surface area (Å²) in [6.45, 7) is 0. The average molecular weight is 266 g/mol. The van der Waals surface area contributed by atoms with E-state index in [2.05, 4.69) is 0 Å². The summed E-state index contributed by atoms with van der Waals surface area (Å²) in [6, 6.07) is 0. The van der Waals surface area contributed by atoms with Gasteiger partial charge >= 0.3 is 0 Å². The first-order valence-electron chi connectivity index (χ1n) is 8.66. The summed E-state index contributed by atoms with van der Waals surface area (Å²) in [5.74, 6) is 1.36. The minimum Gasteiger partial charge on any atom is -0.393 e. The Labute approximate surface area is 117 Å². The van der Waals surface area contributed by atoms with Crippen molar-refractivity contribution >= 4 is 0 Å². The summed E-state index contributed by atoms with van der Waals surface area (Å²) in [5, 5.41) is 10.3. The standard InChI is InChI=1S/C17H30O2/c18-16-11-12-17(19-15-7-2-1-3-8-15)14-6-4-5-13(16)9-10-14/h13-18H,1-12H2. The van der Waals surface area contributed by atoms with Crippen molar-refractivity contribution < 1.29 is 9.84 Å². The van der Waals surface area contributed by atoms with Crippen LogP contribution in [-0.2, 0) is 4.74 Å². The van der Waals surface area contributed by atoms with E-state index in [1.807, 2.05) is 0 Å². The van der Waals surface area contributed by atoms with Crippen molar-refractivity contribution in [1.29, 1.82) is 0 Å². The highest BCUT2D eigenvalue weighted by molar-refractivity contribution is 4.85. The molecule has 0 heterocycles. The predicted octanol–water partition coefficient (Wildman–Crippen LogP) is 4.06. The number of aliphatic hydroxyl groups excluding tert-OH is 1. The molecule has 3 rings (SSSR count). The highest BCUT2D eigenvalue weighted by Gasteiger charge is 2.34. The van der Waals surface area contributed by atoms with Crippen LogP contribution in [0.2, 0.25) is 0 Å². The van der Waals surface area contributed by atoms with E-state index in [1.165, 1.54) is 64.2 Å². The monoisotopic (exact) mass is 266 g/mol. The van der Waals surface area contributed by atoms with Crippen LogP contribution in [0, 0.1) is 11.8 Å². The zero-order valence-electron chi connectivity index (χ0n) is 12.2. The number of ether oxygens (including phenoxy) is 1. The summed E-state index contributed by atoms with van der Waals surface area (Å²) in [5.41, 5.74) is 0. The molecule has 19 heavy (non-hydrogen) atoms. The van der Waals surface area contributed by atoms with Crippen molar-refractivity contribution in [3.63, 3.8) is 0 Å². The van der Waals surface area contributed by atoms with Gasteiger partial charge in [-0.2, -0.15) is 0 Å². The first-order chi connectivity index (χ1) is 9.33. The molecule has 0 aromatic carbocycles. The number of hydrogen-bond donors (Lipinski definition) is 1. The highest BCUT2D eigenvalue weighted by Crippen LogP contribution is 2.38. The van der Waals surface area contributed by atoms with Crippen LogP contribution in [0.1, 0.15) is 77.0 Å². The lowest BCUT2D eigenvalue weighted by Crippen LogP contribution is -2.33. The molecule has 4 atom stereocenters. The topological polar surface area (TPSA) is 29.5 Å². The van der Waals surface area contributed by atoms with E-state index in [0.717, 1.165) is 18.8 Å². The smallest absolute Gasteiger partial charge is 0.0608 e. The maximum atomic E-state index is 10.3. The van der Waals surface area contributed by atoms with Crippen LogP contribution in [0.5, 0.6) is 0 Å². The van der Waals surface area contributed by atoms with Gasteiger partial charge in [0.2, 0.25) is 0 Å². The van der Waals surface area contributed by atoms with Gasteiger partial charge in [0.05, 0.1) is 18.3 Å². The molecule has 110 valence electrons. The Morgan fingerprint density at radius 3 is 2.21 bits per heavy atom. The summed E-state index contributed by atoms with van der Waals surface area (Å²) >= 11 is 0. The van der Waals surface area contributed by atoms with Crippen LogP contribution in [0.25, 0.3) is 0 Å². The predicted molar refractivity (Wildman–Crippen MR) is 77.1 cm³/mol. The van der Waals surface area contributed by atoms with Crippen molar-refractivity contribution in [3.8, 4) is 0 Å². The van der Waals surface area contributed by atoms with Crippen molar-refractivity contribution in [2.75, 3.05) is 0 Å². The van der Waals surface area contributed by atoms with E-state index in [1.54, 1.807) is 0 Å². The van der Waals surface area contributed by atoms with Gasteiger partial charge < -0.3 is 9.84 Å². The van der Waals surface area contributed by atoms with Crippen LogP contribution in [0.15, 0.2) is 0 Å². The summed E-state index contributed by atoms with van der Waals surface area (Å²) < 4.78 is 6.49. The fraction of sp³-hybridized carbons (Fsp3) is 1.00. The van der Waals surface area contributed by atoms with Gasteiger partial charge in [-0.15, -0.1) is 0 Å². The zero-order valence-corrected chi connectivity index (χ0v) is 12.2. The molecule has 1 N–H and O–H groups in total. The van der Waals surface area contributed by atoms with Gasteiger partial charge in [0, 0.05) is 0 Å². The molecule has 2 nitrogen and oxygen atoms in total. The molecular formula is C17H30O2. The van der Waals surface area contributed by atoms with Gasteiger partial charge in [-0.1, -0.05) is 25.7 Å². The first-order valence-corrected chi connectivity index (χ1v) is 8.66. The van der Waals surface area contributed by atoms with E-state index < -0.39 is 0 Å². The lowest BCUT2D eigenvalue weighted by atomic mass is 9.83. The number of hydrogen-bond acceptors (Lipinski definition) is 2. The Balaban J connectivity index is 1.61. The molecule has 0 aliphatic heterocycles. The number of rotatable bonds is 2. The van der Waals surface area contributed by atoms with Gasteiger partial charge in [0.25, 0.3) is 0 Å². The van der Waals surface area contributed by atoms with Crippen LogP contribution < -0.4 is 0 Å². The Kier molecular flexibility index (Phi) is 4.81. The van der Waals surface area contributed by atoms with E-state index in [9.17, 15) is 5.11 Å². The van der Waals surface area contributed by atoms with Crippen molar-refractivity contribution in [3.05, 3.63) is 0 Å². The summed E-state index contributed by atoms with van der Waals surface area (Å²) in [7, 11) is 0. The maximum absolute atomic E-state index is 10.3. The SMILES string of the molecule is OC1CCC(OC2CCCCC2)C2CCCC1CC2. The maximum Gasteiger partial charge on any atom is 0.0608 e. The summed E-state index contributed by atoms with van der Waals surface area (Å²) in [6.07, 6.45) is 16.0. The second-order valence-electron chi connectivity index (χ2n) is 7.11. The van der Waals surface area contributed by atoms with Gasteiger partial charge in [0.15, 0.2) is 0 Å². The zero-order chi connectivity index (χ0) is 13.1. The Bertz CT molecular complexity index is 272. The number of fused-ring (bicyclic) bond motifs is 3. The van der Waals surface area contributed by atoms with E-state index in [4.69, 9.17) is 4.74 Å². The number of aliphatic hydroxyl groups is 1. The Hall–Kier alpha value is -0.0800. The molecule has 0 saturated heterocycles. The molecule has 2 heteroatoms. The molecule has 0 spiro atoms. The van der Waals surface area contributed by atoms with E-state index in [0.29, 0.717) is 18.1 Å². The van der Waals surface area contributed by atoms with Crippen LogP contribution in [0.3, 0.4) is 0 Å². The van der Waals surface area contributed by atoms with Crippen LogP contribution >= 0.6 is 0 Å². The molecule has 0 aromatic heterocycles. The quantitative estimate of drug-likeness (QED) is 0.817. The first kappa shape index (κ1) is 13.9. The lowest BCUT2D eigenvalue weighted by molar-refractivity contribution is -0.0743. The Morgan fingerprint density at radius 1 is 0.632 bits per heavy atom.